The summed E-state index contributed by atoms with van der Waals surface area (Å²) in [6, 6.07) is 11.4. The predicted octanol–water partition coefficient (Wildman–Crippen LogP) is 2.09. The Morgan fingerprint density at radius 1 is 1.03 bits per heavy atom. The smallest absolute Gasteiger partial charge is 0.407 e. The van der Waals surface area contributed by atoms with E-state index in [9.17, 15) is 18.8 Å². The van der Waals surface area contributed by atoms with Gasteiger partial charge in [-0.2, -0.15) is 5.10 Å². The van der Waals surface area contributed by atoms with Crippen molar-refractivity contribution < 1.29 is 19.1 Å². The highest BCUT2D eigenvalue weighted by molar-refractivity contribution is 5.95. The Labute approximate surface area is 170 Å². The summed E-state index contributed by atoms with van der Waals surface area (Å²) in [4.78, 5) is 38.5. The van der Waals surface area contributed by atoms with Gasteiger partial charge in [0.15, 0.2) is 0 Å². The average molecular weight is 410 g/mol. The molecule has 2 aromatic carbocycles. The first kappa shape index (κ1) is 19.6. The summed E-state index contributed by atoms with van der Waals surface area (Å²) in [7, 11) is 0. The van der Waals surface area contributed by atoms with Gasteiger partial charge in [-0.05, 0) is 23.8 Å². The molecule has 0 unspecified atom stereocenters. The number of halogens is 1. The second-order valence-electron chi connectivity index (χ2n) is 7.10. The second kappa shape index (κ2) is 7.94. The van der Waals surface area contributed by atoms with Crippen LogP contribution >= 0.6 is 0 Å². The lowest BCUT2D eigenvalue weighted by Gasteiger charge is -2.33. The van der Waals surface area contributed by atoms with Gasteiger partial charge in [-0.3, -0.25) is 9.59 Å². The van der Waals surface area contributed by atoms with Crippen LogP contribution in [-0.4, -0.2) is 63.3 Å². The fourth-order valence-electron chi connectivity index (χ4n) is 3.62. The van der Waals surface area contributed by atoms with Crippen molar-refractivity contribution in [3.05, 3.63) is 75.5 Å². The molecule has 1 aromatic heterocycles. The van der Waals surface area contributed by atoms with E-state index in [4.69, 9.17) is 5.11 Å². The number of H-pyrrole nitrogens is 1. The van der Waals surface area contributed by atoms with Crippen LogP contribution in [0.25, 0.3) is 10.8 Å². The van der Waals surface area contributed by atoms with Gasteiger partial charge in [-0.15, -0.1) is 0 Å². The van der Waals surface area contributed by atoms with Crippen LogP contribution in [0.2, 0.25) is 0 Å². The Hall–Kier alpha value is -3.75. The molecular weight excluding hydrogens is 391 g/mol. The number of fused-ring (bicyclic) bond motifs is 1. The fourth-order valence-corrected chi connectivity index (χ4v) is 3.62. The van der Waals surface area contributed by atoms with Gasteiger partial charge >= 0.3 is 6.09 Å². The Morgan fingerprint density at radius 3 is 2.40 bits per heavy atom. The van der Waals surface area contributed by atoms with Crippen molar-refractivity contribution in [3.63, 3.8) is 0 Å². The maximum atomic E-state index is 14.4. The quantitative estimate of drug-likeness (QED) is 0.688. The third-order valence-electron chi connectivity index (χ3n) is 5.25. The highest BCUT2D eigenvalue weighted by Crippen LogP contribution is 2.20. The van der Waals surface area contributed by atoms with E-state index in [0.29, 0.717) is 28.5 Å². The van der Waals surface area contributed by atoms with E-state index in [0.717, 1.165) is 0 Å². The van der Waals surface area contributed by atoms with E-state index in [1.807, 2.05) is 6.07 Å². The molecule has 3 aromatic rings. The van der Waals surface area contributed by atoms with E-state index in [2.05, 4.69) is 10.2 Å². The number of nitrogens with zero attached hydrogens (tertiary/aromatic N) is 3. The first-order valence-electron chi connectivity index (χ1n) is 9.46. The van der Waals surface area contributed by atoms with Crippen molar-refractivity contribution in [3.8, 4) is 0 Å². The van der Waals surface area contributed by atoms with E-state index in [1.54, 1.807) is 24.3 Å². The Morgan fingerprint density at radius 2 is 1.70 bits per heavy atom. The molecule has 1 aliphatic rings. The molecule has 8 nitrogen and oxygen atoms in total. The second-order valence-corrected chi connectivity index (χ2v) is 7.10. The van der Waals surface area contributed by atoms with Crippen LogP contribution in [0.1, 0.15) is 21.6 Å². The number of rotatable bonds is 3. The van der Waals surface area contributed by atoms with E-state index in [-0.39, 0.29) is 37.3 Å². The van der Waals surface area contributed by atoms with Crippen molar-refractivity contribution >= 4 is 22.8 Å². The molecule has 0 bridgehead atoms. The number of carbonyl (C=O) groups is 2. The molecular formula is C21H19FN4O4. The van der Waals surface area contributed by atoms with Crippen LogP contribution < -0.4 is 5.56 Å². The van der Waals surface area contributed by atoms with Gasteiger partial charge in [-0.1, -0.05) is 24.3 Å². The minimum atomic E-state index is -1.03. The topological polar surface area (TPSA) is 107 Å². The number of benzene rings is 2. The zero-order valence-corrected chi connectivity index (χ0v) is 16.0. The maximum absolute atomic E-state index is 14.4. The summed E-state index contributed by atoms with van der Waals surface area (Å²) < 4.78 is 14.4. The lowest BCUT2D eigenvalue weighted by molar-refractivity contribution is 0.0620. The first-order valence-corrected chi connectivity index (χ1v) is 9.46. The standard InChI is InChI=1S/C21H19FN4O4/c22-17-6-5-13(12-18-14-3-1-2-4-15(14)19(27)24-23-18)11-16(17)20(28)25-7-9-26(10-8-25)21(29)30/h1-6,11H,7-10,12H2,(H,24,27)(H,29,30). The van der Waals surface area contributed by atoms with Gasteiger partial charge in [0.05, 0.1) is 16.6 Å². The lowest BCUT2D eigenvalue weighted by Crippen LogP contribution is -2.50. The summed E-state index contributed by atoms with van der Waals surface area (Å²) >= 11 is 0. The number of piperazine rings is 1. The zero-order valence-electron chi connectivity index (χ0n) is 16.0. The first-order chi connectivity index (χ1) is 14.4. The van der Waals surface area contributed by atoms with Crippen molar-refractivity contribution in [2.75, 3.05) is 26.2 Å². The number of hydrogen-bond acceptors (Lipinski definition) is 4. The molecule has 9 heteroatoms. The van der Waals surface area contributed by atoms with Crippen LogP contribution in [0.5, 0.6) is 0 Å². The molecule has 4 rings (SSSR count). The third-order valence-corrected chi connectivity index (χ3v) is 5.25. The summed E-state index contributed by atoms with van der Waals surface area (Å²) in [5.41, 5.74) is 0.939. The van der Waals surface area contributed by atoms with Crippen LogP contribution in [0.4, 0.5) is 9.18 Å². The Bertz CT molecular complexity index is 1190. The van der Waals surface area contributed by atoms with Crippen molar-refractivity contribution in [1.82, 2.24) is 20.0 Å². The lowest BCUT2D eigenvalue weighted by atomic mass is 10.0. The van der Waals surface area contributed by atoms with Gasteiger partial charge in [-0.25, -0.2) is 14.3 Å². The van der Waals surface area contributed by atoms with Crippen LogP contribution in [0, 0.1) is 5.82 Å². The Kier molecular flexibility index (Phi) is 5.18. The molecule has 0 atom stereocenters. The van der Waals surface area contributed by atoms with Gasteiger partial charge in [0, 0.05) is 38.0 Å². The normalized spacial score (nSPS) is 14.2. The van der Waals surface area contributed by atoms with E-state index >= 15 is 0 Å². The number of hydrogen-bond donors (Lipinski definition) is 2. The average Bonchev–Trinajstić information content (AvgIpc) is 2.76. The minimum absolute atomic E-state index is 0.0648. The molecule has 30 heavy (non-hydrogen) atoms. The number of amides is 2. The minimum Gasteiger partial charge on any atom is -0.465 e. The molecule has 154 valence electrons. The van der Waals surface area contributed by atoms with Crippen LogP contribution in [0.15, 0.2) is 47.3 Å². The van der Waals surface area contributed by atoms with Gasteiger partial charge in [0.2, 0.25) is 0 Å². The van der Waals surface area contributed by atoms with Gasteiger partial charge in [0.25, 0.3) is 11.5 Å². The fraction of sp³-hybridized carbons (Fsp3) is 0.238. The highest BCUT2D eigenvalue weighted by atomic mass is 19.1. The number of nitrogens with one attached hydrogen (secondary N) is 1. The SMILES string of the molecule is O=C(O)N1CCN(C(=O)c2cc(Cc3n[nH]c(=O)c4ccccc34)ccc2F)CC1. The number of carboxylic acid groups (broad SMARTS) is 1. The molecule has 2 amide bonds. The molecule has 0 radical (unpaired) electrons. The summed E-state index contributed by atoms with van der Waals surface area (Å²) in [6.07, 6.45) is -0.721. The van der Waals surface area contributed by atoms with Crippen molar-refractivity contribution in [2.45, 2.75) is 6.42 Å². The third kappa shape index (κ3) is 3.73. The summed E-state index contributed by atoms with van der Waals surface area (Å²) in [6.45, 7) is 0.799. The molecule has 1 aliphatic heterocycles. The van der Waals surface area contributed by atoms with Crippen molar-refractivity contribution in [1.29, 1.82) is 0 Å². The van der Waals surface area contributed by atoms with Crippen LogP contribution in [-0.2, 0) is 6.42 Å². The largest absolute Gasteiger partial charge is 0.465 e. The monoisotopic (exact) mass is 410 g/mol. The van der Waals surface area contributed by atoms with Crippen LogP contribution in [0.3, 0.4) is 0 Å². The predicted molar refractivity (Wildman–Crippen MR) is 107 cm³/mol. The number of carbonyl (C=O) groups excluding carboxylic acids is 1. The highest BCUT2D eigenvalue weighted by Gasteiger charge is 2.26. The molecule has 2 heterocycles. The zero-order chi connectivity index (χ0) is 21.3. The molecule has 0 saturated carbocycles. The Balaban J connectivity index is 1.59. The molecule has 1 saturated heterocycles. The summed E-state index contributed by atoms with van der Waals surface area (Å²) in [5.74, 6) is -1.11. The van der Waals surface area contributed by atoms with Gasteiger partial charge in [0.1, 0.15) is 5.82 Å². The molecule has 1 fully saturated rings. The van der Waals surface area contributed by atoms with E-state index in [1.165, 1.54) is 21.9 Å². The number of aromatic nitrogens is 2. The van der Waals surface area contributed by atoms with Gasteiger partial charge < -0.3 is 14.9 Å². The molecule has 0 spiro atoms. The summed E-state index contributed by atoms with van der Waals surface area (Å²) in [5, 5.41) is 16.8. The number of aromatic amines is 1. The van der Waals surface area contributed by atoms with E-state index < -0.39 is 17.8 Å². The molecule has 2 N–H and O–H groups in total. The van der Waals surface area contributed by atoms with Crippen molar-refractivity contribution in [2.24, 2.45) is 0 Å². The molecule has 0 aliphatic carbocycles. The maximum Gasteiger partial charge on any atom is 0.407 e.